The van der Waals surface area contributed by atoms with Crippen LogP contribution in [0.2, 0.25) is 0 Å². The van der Waals surface area contributed by atoms with Gasteiger partial charge in [-0.25, -0.2) is 0 Å². The van der Waals surface area contributed by atoms with Crippen LogP contribution < -0.4 is 9.47 Å². The van der Waals surface area contributed by atoms with Gasteiger partial charge in [0.25, 0.3) is 0 Å². The smallest absolute Gasteiger partial charge is 0.231 e. The molecule has 1 aromatic carbocycles. The molecular formula is C22H36O3. The number of benzene rings is 1. The van der Waals surface area contributed by atoms with Gasteiger partial charge in [0.2, 0.25) is 6.79 Å². The predicted octanol–water partition coefficient (Wildman–Crippen LogP) is 6.02. The lowest BCUT2D eigenvalue weighted by atomic mass is 10.0. The van der Waals surface area contributed by atoms with E-state index in [2.05, 4.69) is 12.1 Å². The lowest BCUT2D eigenvalue weighted by molar-refractivity contribution is 0.174. The SMILES string of the molecule is OCCCCCCCCCCCCCCCc1ccc2c(c1)OCO2. The Balaban J connectivity index is 1.34. The summed E-state index contributed by atoms with van der Waals surface area (Å²) in [6, 6.07) is 6.33. The lowest BCUT2D eigenvalue weighted by Crippen LogP contribution is -1.93. The third-order valence-electron chi connectivity index (χ3n) is 5.06. The van der Waals surface area contributed by atoms with E-state index in [0.29, 0.717) is 13.4 Å². The highest BCUT2D eigenvalue weighted by Crippen LogP contribution is 2.32. The molecular weight excluding hydrogens is 312 g/mol. The largest absolute Gasteiger partial charge is 0.454 e. The van der Waals surface area contributed by atoms with Crippen molar-refractivity contribution < 1.29 is 14.6 Å². The van der Waals surface area contributed by atoms with Crippen molar-refractivity contribution in [1.29, 1.82) is 0 Å². The van der Waals surface area contributed by atoms with Crippen LogP contribution in [0.4, 0.5) is 0 Å². The molecule has 1 aliphatic heterocycles. The summed E-state index contributed by atoms with van der Waals surface area (Å²) in [5, 5.41) is 8.73. The second-order valence-corrected chi connectivity index (χ2v) is 7.26. The van der Waals surface area contributed by atoms with Crippen molar-refractivity contribution in [3.63, 3.8) is 0 Å². The van der Waals surface area contributed by atoms with E-state index >= 15 is 0 Å². The second-order valence-electron chi connectivity index (χ2n) is 7.26. The van der Waals surface area contributed by atoms with E-state index < -0.39 is 0 Å². The fraction of sp³-hybridized carbons (Fsp3) is 0.727. The minimum Gasteiger partial charge on any atom is -0.454 e. The number of rotatable bonds is 15. The zero-order valence-electron chi connectivity index (χ0n) is 15.8. The van der Waals surface area contributed by atoms with Crippen molar-refractivity contribution in [2.75, 3.05) is 13.4 Å². The van der Waals surface area contributed by atoms with Crippen molar-refractivity contribution >= 4 is 0 Å². The first-order valence-corrected chi connectivity index (χ1v) is 10.4. The van der Waals surface area contributed by atoms with E-state index in [1.807, 2.05) is 6.07 Å². The van der Waals surface area contributed by atoms with Crippen molar-refractivity contribution in [3.05, 3.63) is 23.8 Å². The molecule has 1 N–H and O–H groups in total. The lowest BCUT2D eigenvalue weighted by Gasteiger charge is -2.04. The minimum absolute atomic E-state index is 0.358. The number of hydrogen-bond donors (Lipinski definition) is 1. The first-order chi connectivity index (χ1) is 12.4. The van der Waals surface area contributed by atoms with Crippen molar-refractivity contribution in [3.8, 4) is 11.5 Å². The van der Waals surface area contributed by atoms with Gasteiger partial charge < -0.3 is 14.6 Å². The Morgan fingerprint density at radius 3 is 1.76 bits per heavy atom. The van der Waals surface area contributed by atoms with E-state index in [9.17, 15) is 0 Å². The molecule has 0 bridgehead atoms. The first-order valence-electron chi connectivity index (χ1n) is 10.4. The van der Waals surface area contributed by atoms with Crippen LogP contribution in [0.5, 0.6) is 11.5 Å². The van der Waals surface area contributed by atoms with Gasteiger partial charge in [-0.1, -0.05) is 76.7 Å². The van der Waals surface area contributed by atoms with Crippen LogP contribution in [-0.2, 0) is 6.42 Å². The molecule has 2 rings (SSSR count). The third-order valence-corrected chi connectivity index (χ3v) is 5.06. The summed E-state index contributed by atoms with van der Waals surface area (Å²) in [6.07, 6.45) is 18.3. The van der Waals surface area contributed by atoms with E-state index in [1.54, 1.807) is 0 Å². The molecule has 3 heteroatoms. The molecule has 0 saturated carbocycles. The van der Waals surface area contributed by atoms with Gasteiger partial charge in [-0.15, -0.1) is 0 Å². The van der Waals surface area contributed by atoms with Crippen LogP contribution in [0.1, 0.15) is 89.0 Å². The van der Waals surface area contributed by atoms with Gasteiger partial charge in [0.05, 0.1) is 0 Å². The van der Waals surface area contributed by atoms with E-state index in [0.717, 1.165) is 24.3 Å². The van der Waals surface area contributed by atoms with Gasteiger partial charge in [0.15, 0.2) is 11.5 Å². The molecule has 0 unspecified atom stereocenters. The molecule has 0 spiro atoms. The Morgan fingerprint density at radius 1 is 0.640 bits per heavy atom. The number of aliphatic hydroxyl groups excluding tert-OH is 1. The second kappa shape index (κ2) is 13.0. The van der Waals surface area contributed by atoms with E-state index in [-0.39, 0.29) is 0 Å². The number of aliphatic hydroxyl groups is 1. The van der Waals surface area contributed by atoms with Gasteiger partial charge in [0, 0.05) is 6.61 Å². The zero-order chi connectivity index (χ0) is 17.6. The van der Waals surface area contributed by atoms with Crippen LogP contribution >= 0.6 is 0 Å². The molecule has 0 radical (unpaired) electrons. The van der Waals surface area contributed by atoms with Gasteiger partial charge >= 0.3 is 0 Å². The van der Waals surface area contributed by atoms with Gasteiger partial charge in [-0.3, -0.25) is 0 Å². The Kier molecular flexibility index (Phi) is 10.5. The third kappa shape index (κ3) is 8.62. The summed E-state index contributed by atoms with van der Waals surface area (Å²) in [7, 11) is 0. The minimum atomic E-state index is 0.358. The van der Waals surface area contributed by atoms with Gasteiger partial charge in [-0.2, -0.15) is 0 Å². The fourth-order valence-corrected chi connectivity index (χ4v) is 3.48. The number of ether oxygens (including phenoxy) is 2. The molecule has 1 aromatic rings. The predicted molar refractivity (Wildman–Crippen MR) is 103 cm³/mol. The average molecular weight is 349 g/mol. The van der Waals surface area contributed by atoms with Crippen LogP contribution in [0.3, 0.4) is 0 Å². The number of hydrogen-bond acceptors (Lipinski definition) is 3. The summed E-state index contributed by atoms with van der Waals surface area (Å²) in [5.74, 6) is 1.79. The van der Waals surface area contributed by atoms with Gasteiger partial charge in [-0.05, 0) is 37.0 Å². The zero-order valence-corrected chi connectivity index (χ0v) is 15.8. The Labute approximate surface area is 153 Å². The van der Waals surface area contributed by atoms with Gasteiger partial charge in [0.1, 0.15) is 0 Å². The Hall–Kier alpha value is -1.22. The van der Waals surface area contributed by atoms with Crippen LogP contribution in [0.25, 0.3) is 0 Å². The molecule has 0 fully saturated rings. The summed E-state index contributed by atoms with van der Waals surface area (Å²) >= 11 is 0. The maximum absolute atomic E-state index is 8.73. The van der Waals surface area contributed by atoms with Crippen LogP contribution in [0, 0.1) is 0 Å². The highest BCUT2D eigenvalue weighted by molar-refractivity contribution is 5.44. The molecule has 1 aliphatic rings. The average Bonchev–Trinajstić information content (AvgIpc) is 3.10. The molecule has 25 heavy (non-hydrogen) atoms. The number of fused-ring (bicyclic) bond motifs is 1. The number of unbranched alkanes of at least 4 members (excludes halogenated alkanes) is 12. The highest BCUT2D eigenvalue weighted by atomic mass is 16.7. The number of aryl methyl sites for hydroxylation is 1. The molecule has 0 saturated heterocycles. The molecule has 0 aliphatic carbocycles. The maximum Gasteiger partial charge on any atom is 0.231 e. The summed E-state index contributed by atoms with van der Waals surface area (Å²) in [5.41, 5.74) is 1.36. The van der Waals surface area contributed by atoms with Crippen molar-refractivity contribution in [2.45, 2.75) is 89.9 Å². The fourth-order valence-electron chi connectivity index (χ4n) is 3.48. The molecule has 142 valence electrons. The van der Waals surface area contributed by atoms with E-state index in [4.69, 9.17) is 14.6 Å². The Morgan fingerprint density at radius 2 is 1.16 bits per heavy atom. The summed E-state index contributed by atoms with van der Waals surface area (Å²) in [6.45, 7) is 0.721. The normalized spacial score (nSPS) is 12.7. The quantitative estimate of drug-likeness (QED) is 0.394. The first kappa shape index (κ1) is 20.1. The highest BCUT2D eigenvalue weighted by Gasteiger charge is 2.12. The maximum atomic E-state index is 8.73. The summed E-state index contributed by atoms with van der Waals surface area (Å²) < 4.78 is 10.8. The van der Waals surface area contributed by atoms with Crippen LogP contribution in [-0.4, -0.2) is 18.5 Å². The van der Waals surface area contributed by atoms with Crippen molar-refractivity contribution in [1.82, 2.24) is 0 Å². The monoisotopic (exact) mass is 348 g/mol. The van der Waals surface area contributed by atoms with Crippen LogP contribution in [0.15, 0.2) is 18.2 Å². The van der Waals surface area contributed by atoms with E-state index in [1.165, 1.54) is 82.6 Å². The molecule has 3 nitrogen and oxygen atoms in total. The molecule has 0 atom stereocenters. The summed E-state index contributed by atoms with van der Waals surface area (Å²) in [4.78, 5) is 0. The Bertz CT molecular complexity index is 459. The molecule has 0 amide bonds. The molecule has 1 heterocycles. The topological polar surface area (TPSA) is 38.7 Å². The molecule has 0 aromatic heterocycles. The van der Waals surface area contributed by atoms with Crippen molar-refractivity contribution in [2.24, 2.45) is 0 Å². The standard InChI is InChI=1S/C22H36O3/c23-17-13-11-9-7-5-3-1-2-4-6-8-10-12-14-20-15-16-21-22(18-20)25-19-24-21/h15-16,18,23H,1-14,17,19H2.